The summed E-state index contributed by atoms with van der Waals surface area (Å²) in [6.07, 6.45) is -0.244. The van der Waals surface area contributed by atoms with Crippen molar-refractivity contribution in [2.75, 3.05) is 0 Å². The van der Waals surface area contributed by atoms with Crippen molar-refractivity contribution in [2.45, 2.75) is 6.42 Å². The van der Waals surface area contributed by atoms with Crippen molar-refractivity contribution in [1.29, 1.82) is 0 Å². The maximum atomic E-state index is 13.2. The van der Waals surface area contributed by atoms with Crippen LogP contribution in [0.1, 0.15) is 26.3 Å². The first-order chi connectivity index (χ1) is 9.88. The van der Waals surface area contributed by atoms with Crippen molar-refractivity contribution in [3.8, 4) is 0 Å². The molecule has 3 nitrogen and oxygen atoms in total. The van der Waals surface area contributed by atoms with E-state index in [1.807, 2.05) is 0 Å². The summed E-state index contributed by atoms with van der Waals surface area (Å²) < 4.78 is 39.0. The van der Waals surface area contributed by atoms with Gasteiger partial charge >= 0.3 is 5.97 Å². The first-order valence-corrected chi connectivity index (χ1v) is 5.88. The number of hydrogen-bond donors (Lipinski definition) is 1. The van der Waals surface area contributed by atoms with Crippen LogP contribution in [0.5, 0.6) is 0 Å². The van der Waals surface area contributed by atoms with Crippen LogP contribution in [0.2, 0.25) is 0 Å². The number of halogens is 3. The summed E-state index contributed by atoms with van der Waals surface area (Å²) in [5.74, 6) is -5.11. The monoisotopic (exact) mass is 294 g/mol. The number of carboxylic acid groups (broad SMARTS) is 1. The number of benzene rings is 2. The summed E-state index contributed by atoms with van der Waals surface area (Å²) >= 11 is 0. The van der Waals surface area contributed by atoms with Gasteiger partial charge in [0.15, 0.2) is 17.4 Å². The molecule has 0 spiro atoms. The lowest BCUT2D eigenvalue weighted by Gasteiger charge is -2.04. The zero-order valence-electron chi connectivity index (χ0n) is 10.6. The molecule has 2 rings (SSSR count). The number of carbonyl (C=O) groups excluding carboxylic acids is 1. The minimum Gasteiger partial charge on any atom is -0.478 e. The Labute approximate surface area is 117 Å². The van der Waals surface area contributed by atoms with Crippen LogP contribution in [0.15, 0.2) is 36.4 Å². The number of carboxylic acids is 1. The van der Waals surface area contributed by atoms with Crippen LogP contribution in [0.3, 0.4) is 0 Å². The molecule has 0 saturated heterocycles. The molecule has 2 aromatic carbocycles. The van der Waals surface area contributed by atoms with Crippen molar-refractivity contribution in [1.82, 2.24) is 0 Å². The van der Waals surface area contributed by atoms with Crippen LogP contribution in [-0.2, 0) is 6.42 Å². The van der Waals surface area contributed by atoms with Crippen LogP contribution in [0.4, 0.5) is 13.2 Å². The Balaban J connectivity index is 2.25. The number of carbonyl (C=O) groups is 2. The summed E-state index contributed by atoms with van der Waals surface area (Å²) in [7, 11) is 0. The summed E-state index contributed by atoms with van der Waals surface area (Å²) in [6, 6.07) is 5.96. The second kappa shape index (κ2) is 5.78. The highest BCUT2D eigenvalue weighted by atomic mass is 19.2. The van der Waals surface area contributed by atoms with Crippen LogP contribution in [0.25, 0.3) is 0 Å². The molecule has 0 amide bonds. The highest BCUT2D eigenvalue weighted by Crippen LogP contribution is 2.15. The molecule has 0 aliphatic carbocycles. The number of rotatable bonds is 4. The molecule has 0 unspecified atom stereocenters. The van der Waals surface area contributed by atoms with E-state index in [0.717, 1.165) is 30.3 Å². The third kappa shape index (κ3) is 3.28. The van der Waals surface area contributed by atoms with Gasteiger partial charge in [-0.25, -0.2) is 18.0 Å². The lowest BCUT2D eigenvalue weighted by molar-refractivity contribution is 0.0691. The predicted molar refractivity (Wildman–Crippen MR) is 67.8 cm³/mol. The highest BCUT2D eigenvalue weighted by molar-refractivity contribution is 5.98. The highest BCUT2D eigenvalue weighted by Gasteiger charge is 2.14. The molecule has 0 aromatic heterocycles. The maximum Gasteiger partial charge on any atom is 0.338 e. The zero-order chi connectivity index (χ0) is 15.6. The molecule has 0 saturated carbocycles. The number of hydrogen-bond acceptors (Lipinski definition) is 2. The van der Waals surface area contributed by atoms with Crippen LogP contribution < -0.4 is 0 Å². The molecule has 0 fully saturated rings. The summed E-state index contributed by atoms with van der Waals surface area (Å²) in [5, 5.41) is 8.79. The molecule has 0 aliphatic rings. The first kappa shape index (κ1) is 14.8. The molecule has 0 radical (unpaired) electrons. The normalized spacial score (nSPS) is 10.4. The van der Waals surface area contributed by atoms with E-state index in [4.69, 9.17) is 5.11 Å². The lowest BCUT2D eigenvalue weighted by atomic mass is 10.0. The average Bonchev–Trinajstić information content (AvgIpc) is 2.43. The van der Waals surface area contributed by atoms with Crippen molar-refractivity contribution in [3.63, 3.8) is 0 Å². The fourth-order valence-electron chi connectivity index (χ4n) is 1.80. The molecular weight excluding hydrogens is 285 g/mol. The molecule has 1 N–H and O–H groups in total. The molecule has 0 atom stereocenters. The fourth-order valence-corrected chi connectivity index (χ4v) is 1.80. The molecule has 0 heterocycles. The van der Waals surface area contributed by atoms with E-state index < -0.39 is 34.8 Å². The molecule has 2 aromatic rings. The second-order valence-corrected chi connectivity index (χ2v) is 4.35. The van der Waals surface area contributed by atoms with E-state index in [1.165, 1.54) is 6.07 Å². The summed E-state index contributed by atoms with van der Waals surface area (Å²) in [5.41, 5.74) is -0.329. The van der Waals surface area contributed by atoms with Gasteiger partial charge in [-0.3, -0.25) is 4.79 Å². The minimum absolute atomic E-state index is 0.0462. The predicted octanol–water partition coefficient (Wildman–Crippen LogP) is 3.23. The van der Waals surface area contributed by atoms with E-state index >= 15 is 0 Å². The Morgan fingerprint density at radius 2 is 1.57 bits per heavy atom. The zero-order valence-corrected chi connectivity index (χ0v) is 10.6. The second-order valence-electron chi connectivity index (χ2n) is 4.35. The average molecular weight is 294 g/mol. The van der Waals surface area contributed by atoms with Crippen molar-refractivity contribution >= 4 is 11.8 Å². The number of ketones is 1. The van der Waals surface area contributed by atoms with Gasteiger partial charge in [0.05, 0.1) is 5.56 Å². The van der Waals surface area contributed by atoms with E-state index in [9.17, 15) is 22.8 Å². The van der Waals surface area contributed by atoms with Gasteiger partial charge in [0.1, 0.15) is 5.82 Å². The van der Waals surface area contributed by atoms with E-state index in [1.54, 1.807) is 0 Å². The maximum absolute atomic E-state index is 13.2. The van der Waals surface area contributed by atoms with Gasteiger partial charge in [-0.1, -0.05) is 6.07 Å². The largest absolute Gasteiger partial charge is 0.478 e. The SMILES string of the molecule is O=C(Cc1ccc(F)c(C(=O)O)c1)c1ccc(F)c(F)c1. The molecule has 6 heteroatoms. The Kier molecular flexibility index (Phi) is 4.07. The van der Waals surface area contributed by atoms with E-state index in [0.29, 0.717) is 0 Å². The Bertz CT molecular complexity index is 726. The van der Waals surface area contributed by atoms with Gasteiger partial charge in [0.25, 0.3) is 0 Å². The van der Waals surface area contributed by atoms with E-state index in [2.05, 4.69) is 0 Å². The minimum atomic E-state index is -1.45. The van der Waals surface area contributed by atoms with Crippen LogP contribution in [-0.4, -0.2) is 16.9 Å². The topological polar surface area (TPSA) is 54.4 Å². The third-order valence-corrected chi connectivity index (χ3v) is 2.87. The molecule has 0 aliphatic heterocycles. The summed E-state index contributed by atoms with van der Waals surface area (Å²) in [6.45, 7) is 0. The van der Waals surface area contributed by atoms with Gasteiger partial charge in [0.2, 0.25) is 0 Å². The van der Waals surface area contributed by atoms with Gasteiger partial charge in [-0.05, 0) is 35.9 Å². The Morgan fingerprint density at radius 1 is 0.905 bits per heavy atom. The van der Waals surface area contributed by atoms with Gasteiger partial charge in [0, 0.05) is 12.0 Å². The van der Waals surface area contributed by atoms with Gasteiger partial charge < -0.3 is 5.11 Å². The molecule has 21 heavy (non-hydrogen) atoms. The van der Waals surface area contributed by atoms with Gasteiger partial charge in [-0.15, -0.1) is 0 Å². The van der Waals surface area contributed by atoms with Crippen molar-refractivity contribution in [2.24, 2.45) is 0 Å². The van der Waals surface area contributed by atoms with Crippen LogP contribution >= 0.6 is 0 Å². The first-order valence-electron chi connectivity index (χ1n) is 5.88. The number of aromatic carboxylic acids is 1. The van der Waals surface area contributed by atoms with Crippen molar-refractivity contribution in [3.05, 3.63) is 70.5 Å². The Morgan fingerprint density at radius 3 is 2.19 bits per heavy atom. The number of Topliss-reactive ketones (excluding diaryl/α,β-unsaturated/α-hetero) is 1. The molecule has 108 valence electrons. The van der Waals surface area contributed by atoms with Crippen molar-refractivity contribution < 1.29 is 27.9 Å². The Hall–Kier alpha value is -2.63. The standard InChI is InChI=1S/C15H9F3O3/c16-11-3-1-8(5-10(11)15(20)21)6-14(19)9-2-4-12(17)13(18)7-9/h1-5,7H,6H2,(H,20,21). The third-order valence-electron chi connectivity index (χ3n) is 2.87. The fraction of sp³-hybridized carbons (Fsp3) is 0.0667. The quantitative estimate of drug-likeness (QED) is 0.881. The smallest absolute Gasteiger partial charge is 0.338 e. The van der Waals surface area contributed by atoms with Crippen LogP contribution in [0, 0.1) is 17.5 Å². The van der Waals surface area contributed by atoms with E-state index in [-0.39, 0.29) is 17.5 Å². The lowest BCUT2D eigenvalue weighted by Crippen LogP contribution is -2.07. The molecular formula is C15H9F3O3. The van der Waals surface area contributed by atoms with Gasteiger partial charge in [-0.2, -0.15) is 0 Å². The summed E-state index contributed by atoms with van der Waals surface area (Å²) in [4.78, 5) is 22.7. The molecule has 0 bridgehead atoms.